The molecule has 4 heteroatoms. The molecule has 1 saturated heterocycles. The van der Waals surface area contributed by atoms with Crippen molar-refractivity contribution < 1.29 is 14.3 Å². The van der Waals surface area contributed by atoms with Gasteiger partial charge in [0.1, 0.15) is 0 Å². The van der Waals surface area contributed by atoms with Gasteiger partial charge in [0.15, 0.2) is 11.5 Å². The molecule has 0 aromatic heterocycles. The molecule has 1 aliphatic heterocycles. The van der Waals surface area contributed by atoms with Crippen LogP contribution in [0.25, 0.3) is 0 Å². The van der Waals surface area contributed by atoms with Gasteiger partial charge in [-0.3, -0.25) is 4.79 Å². The van der Waals surface area contributed by atoms with E-state index in [1.54, 1.807) is 14.2 Å². The minimum atomic E-state index is -0.127. The molecular formula is C18H27NO3. The number of carbonyl (C=O) groups excluding carboxylic acids is 1. The predicted octanol–water partition coefficient (Wildman–Crippen LogP) is 3.46. The van der Waals surface area contributed by atoms with Crippen molar-refractivity contribution in [3.05, 3.63) is 23.8 Å². The van der Waals surface area contributed by atoms with Crippen molar-refractivity contribution >= 4 is 5.91 Å². The van der Waals surface area contributed by atoms with Crippen molar-refractivity contribution in [1.82, 2.24) is 4.90 Å². The highest BCUT2D eigenvalue weighted by molar-refractivity contribution is 5.84. The number of benzene rings is 1. The number of hydrogen-bond acceptors (Lipinski definition) is 3. The summed E-state index contributed by atoms with van der Waals surface area (Å²) in [5.74, 6) is 1.73. The van der Waals surface area contributed by atoms with Crippen molar-refractivity contribution in [2.24, 2.45) is 5.92 Å². The molecule has 1 atom stereocenters. The van der Waals surface area contributed by atoms with Crippen LogP contribution < -0.4 is 9.47 Å². The Labute approximate surface area is 133 Å². The average molecular weight is 305 g/mol. The van der Waals surface area contributed by atoms with Crippen LogP contribution in [0, 0.1) is 5.92 Å². The van der Waals surface area contributed by atoms with E-state index in [9.17, 15) is 4.79 Å². The molecule has 0 spiro atoms. The number of piperidine rings is 1. The summed E-state index contributed by atoms with van der Waals surface area (Å²) in [4.78, 5) is 15.0. The van der Waals surface area contributed by atoms with Crippen LogP contribution in [0.2, 0.25) is 0 Å². The molecule has 4 nitrogen and oxygen atoms in total. The zero-order chi connectivity index (χ0) is 16.1. The molecule has 2 rings (SSSR count). The molecule has 0 radical (unpaired) electrons. The minimum absolute atomic E-state index is 0.127. The quantitative estimate of drug-likeness (QED) is 0.836. The van der Waals surface area contributed by atoms with Crippen LogP contribution in [0.3, 0.4) is 0 Å². The Morgan fingerprint density at radius 3 is 2.23 bits per heavy atom. The largest absolute Gasteiger partial charge is 0.493 e. The molecular weight excluding hydrogens is 278 g/mol. The molecule has 1 heterocycles. The number of rotatable bonds is 5. The second-order valence-corrected chi connectivity index (χ2v) is 6.22. The first kappa shape index (κ1) is 16.7. The predicted molar refractivity (Wildman–Crippen MR) is 87.6 cm³/mol. The van der Waals surface area contributed by atoms with E-state index in [0.717, 1.165) is 31.5 Å². The molecule has 1 aromatic rings. The van der Waals surface area contributed by atoms with Gasteiger partial charge in [0.05, 0.1) is 20.1 Å². The molecule has 22 heavy (non-hydrogen) atoms. The molecule has 0 N–H and O–H groups in total. The number of hydrogen-bond donors (Lipinski definition) is 0. The van der Waals surface area contributed by atoms with Crippen molar-refractivity contribution in [2.45, 2.75) is 39.0 Å². The van der Waals surface area contributed by atoms with Crippen LogP contribution in [0.5, 0.6) is 11.5 Å². The van der Waals surface area contributed by atoms with Crippen molar-refractivity contribution in [1.29, 1.82) is 0 Å². The molecule has 0 bridgehead atoms. The van der Waals surface area contributed by atoms with Gasteiger partial charge in [0.25, 0.3) is 0 Å². The third-order valence-electron chi connectivity index (χ3n) is 4.37. The number of nitrogens with zero attached hydrogens (tertiary/aromatic N) is 1. The second-order valence-electron chi connectivity index (χ2n) is 6.22. The first-order chi connectivity index (χ1) is 10.6. The molecule has 122 valence electrons. The first-order valence-corrected chi connectivity index (χ1v) is 8.09. The number of methoxy groups -OCH3 is 2. The maximum Gasteiger partial charge on any atom is 0.230 e. The number of ether oxygens (including phenoxy) is 2. The van der Waals surface area contributed by atoms with Crippen LogP contribution in [-0.2, 0) is 4.79 Å². The van der Waals surface area contributed by atoms with E-state index in [1.165, 1.54) is 6.42 Å². The van der Waals surface area contributed by atoms with Crippen molar-refractivity contribution in [3.8, 4) is 11.5 Å². The van der Waals surface area contributed by atoms with Gasteiger partial charge >= 0.3 is 0 Å². The molecule has 1 unspecified atom stereocenters. The summed E-state index contributed by atoms with van der Waals surface area (Å²) in [6.07, 6.45) is 3.46. The molecule has 1 fully saturated rings. The lowest BCUT2D eigenvalue weighted by atomic mass is 9.86. The SMILES string of the molecule is COc1ccc(C(C(=O)N2CCCCC2)C(C)C)cc1OC. The van der Waals surface area contributed by atoms with Gasteiger partial charge in [-0.1, -0.05) is 19.9 Å². The van der Waals surface area contributed by atoms with E-state index in [0.29, 0.717) is 11.5 Å². The highest BCUT2D eigenvalue weighted by Gasteiger charge is 2.30. The van der Waals surface area contributed by atoms with Crippen LogP contribution in [0.1, 0.15) is 44.6 Å². The molecule has 0 aliphatic carbocycles. The van der Waals surface area contributed by atoms with Gasteiger partial charge in [-0.2, -0.15) is 0 Å². The van der Waals surface area contributed by atoms with Crippen molar-refractivity contribution in [2.75, 3.05) is 27.3 Å². The van der Waals surface area contributed by atoms with Gasteiger partial charge in [-0.25, -0.2) is 0 Å². The highest BCUT2D eigenvalue weighted by atomic mass is 16.5. The minimum Gasteiger partial charge on any atom is -0.493 e. The third kappa shape index (κ3) is 3.54. The van der Waals surface area contributed by atoms with E-state index in [-0.39, 0.29) is 17.7 Å². The zero-order valence-electron chi connectivity index (χ0n) is 14.1. The van der Waals surface area contributed by atoms with Gasteiger partial charge in [0.2, 0.25) is 5.91 Å². The summed E-state index contributed by atoms with van der Waals surface area (Å²) < 4.78 is 10.7. The summed E-state index contributed by atoms with van der Waals surface area (Å²) in [6, 6.07) is 5.80. The lowest BCUT2D eigenvalue weighted by Gasteiger charge is -2.32. The molecule has 1 aromatic carbocycles. The van der Waals surface area contributed by atoms with Gasteiger partial charge in [0, 0.05) is 13.1 Å². The smallest absolute Gasteiger partial charge is 0.230 e. The van der Waals surface area contributed by atoms with Gasteiger partial charge < -0.3 is 14.4 Å². The summed E-state index contributed by atoms with van der Waals surface area (Å²) in [5.41, 5.74) is 1.00. The maximum absolute atomic E-state index is 12.9. The van der Waals surface area contributed by atoms with Gasteiger partial charge in [-0.15, -0.1) is 0 Å². The number of carbonyl (C=O) groups is 1. The second kappa shape index (κ2) is 7.52. The molecule has 1 aliphatic rings. The Morgan fingerprint density at radius 2 is 1.68 bits per heavy atom. The molecule has 1 amide bonds. The average Bonchev–Trinajstić information content (AvgIpc) is 2.55. The fourth-order valence-electron chi connectivity index (χ4n) is 3.17. The van der Waals surface area contributed by atoms with Crippen LogP contribution >= 0.6 is 0 Å². The Morgan fingerprint density at radius 1 is 1.05 bits per heavy atom. The fourth-order valence-corrected chi connectivity index (χ4v) is 3.17. The lowest BCUT2D eigenvalue weighted by Crippen LogP contribution is -2.40. The van der Waals surface area contributed by atoms with Crippen LogP contribution in [0.15, 0.2) is 18.2 Å². The highest BCUT2D eigenvalue weighted by Crippen LogP contribution is 2.34. The summed E-state index contributed by atoms with van der Waals surface area (Å²) >= 11 is 0. The molecule has 0 saturated carbocycles. The van der Waals surface area contributed by atoms with Crippen LogP contribution in [-0.4, -0.2) is 38.1 Å². The maximum atomic E-state index is 12.9. The van der Waals surface area contributed by atoms with E-state index >= 15 is 0 Å². The van der Waals surface area contributed by atoms with Crippen molar-refractivity contribution in [3.63, 3.8) is 0 Å². The monoisotopic (exact) mass is 305 g/mol. The van der Waals surface area contributed by atoms with E-state index in [1.807, 2.05) is 23.1 Å². The lowest BCUT2D eigenvalue weighted by molar-refractivity contribution is -0.134. The number of likely N-dealkylation sites (tertiary alicyclic amines) is 1. The fraction of sp³-hybridized carbons (Fsp3) is 0.611. The van der Waals surface area contributed by atoms with E-state index in [2.05, 4.69) is 13.8 Å². The van der Waals surface area contributed by atoms with Crippen LogP contribution in [0.4, 0.5) is 0 Å². The summed E-state index contributed by atoms with van der Waals surface area (Å²) in [7, 11) is 3.24. The van der Waals surface area contributed by atoms with Gasteiger partial charge in [-0.05, 0) is 42.9 Å². The Kier molecular flexibility index (Phi) is 5.69. The number of amides is 1. The first-order valence-electron chi connectivity index (χ1n) is 8.09. The Hall–Kier alpha value is -1.71. The topological polar surface area (TPSA) is 38.8 Å². The summed E-state index contributed by atoms with van der Waals surface area (Å²) in [5, 5.41) is 0. The Balaban J connectivity index is 2.29. The Bertz CT molecular complexity index is 507. The van der Waals surface area contributed by atoms with E-state index in [4.69, 9.17) is 9.47 Å². The third-order valence-corrected chi connectivity index (χ3v) is 4.37. The van der Waals surface area contributed by atoms with E-state index < -0.39 is 0 Å². The normalized spacial score (nSPS) is 16.5. The standard InChI is InChI=1S/C18H27NO3/c1-13(2)17(18(20)19-10-6-5-7-11-19)14-8-9-15(21-3)16(12-14)22-4/h8-9,12-13,17H,5-7,10-11H2,1-4H3. The zero-order valence-corrected chi connectivity index (χ0v) is 14.1. The summed E-state index contributed by atoms with van der Waals surface area (Å²) in [6.45, 7) is 5.97.